The Balaban J connectivity index is 2.09. The molecular weight excluding hydrogens is 306 g/mol. The minimum Gasteiger partial charge on any atom is -0.494 e. The van der Waals surface area contributed by atoms with E-state index in [9.17, 15) is 9.59 Å². The molecular formula is C16H20ClNO4. The number of amides is 1. The summed E-state index contributed by atoms with van der Waals surface area (Å²) in [4.78, 5) is 24.5. The molecule has 1 heterocycles. The summed E-state index contributed by atoms with van der Waals surface area (Å²) in [5.41, 5.74) is 1.81. The molecule has 0 aliphatic carbocycles. The summed E-state index contributed by atoms with van der Waals surface area (Å²) >= 11 is 5.63. The summed E-state index contributed by atoms with van der Waals surface area (Å²) in [6.45, 7) is 1.85. The monoisotopic (exact) mass is 325 g/mol. The molecule has 1 aromatic carbocycles. The first-order valence-electron chi connectivity index (χ1n) is 7.37. The van der Waals surface area contributed by atoms with Crippen molar-refractivity contribution in [2.24, 2.45) is 0 Å². The highest BCUT2D eigenvalue weighted by Gasteiger charge is 2.25. The lowest BCUT2D eigenvalue weighted by Gasteiger charge is -2.29. The van der Waals surface area contributed by atoms with Gasteiger partial charge < -0.3 is 9.47 Å². The maximum atomic E-state index is 12.1. The number of unbranched alkanes of at least 4 members (excludes halogenated alkanes) is 1. The van der Waals surface area contributed by atoms with E-state index in [1.165, 1.54) is 11.8 Å². The van der Waals surface area contributed by atoms with Gasteiger partial charge in [-0.3, -0.25) is 14.5 Å². The van der Waals surface area contributed by atoms with Gasteiger partial charge in [0.2, 0.25) is 5.91 Å². The molecule has 0 unspecified atom stereocenters. The van der Waals surface area contributed by atoms with Crippen molar-refractivity contribution in [1.82, 2.24) is 0 Å². The molecule has 0 saturated carbocycles. The van der Waals surface area contributed by atoms with Gasteiger partial charge in [0.05, 0.1) is 12.3 Å². The maximum Gasteiger partial charge on any atom is 0.304 e. The topological polar surface area (TPSA) is 55.8 Å². The van der Waals surface area contributed by atoms with Crippen molar-refractivity contribution in [2.75, 3.05) is 24.1 Å². The second-order valence-corrected chi connectivity index (χ2v) is 5.50. The molecule has 2 rings (SSSR count). The van der Waals surface area contributed by atoms with E-state index in [-0.39, 0.29) is 12.6 Å². The first kappa shape index (κ1) is 16.6. The molecule has 0 N–H and O–H groups in total. The molecule has 0 atom stereocenters. The predicted molar refractivity (Wildman–Crippen MR) is 84.3 cm³/mol. The van der Waals surface area contributed by atoms with Crippen molar-refractivity contribution < 1.29 is 19.1 Å². The van der Waals surface area contributed by atoms with Crippen LogP contribution in [-0.2, 0) is 20.7 Å². The fourth-order valence-electron chi connectivity index (χ4n) is 2.29. The maximum absolute atomic E-state index is 12.1. The standard InChI is InChI=1S/C16H20ClNO4/c1-12(19)22-11-18-15-10-14(21-9-3-2-8-17)6-4-13(15)5-7-16(18)20/h4,6,10H,2-3,5,7-9,11H2,1H3. The number of hydrogen-bond acceptors (Lipinski definition) is 4. The summed E-state index contributed by atoms with van der Waals surface area (Å²) in [6.07, 6.45) is 2.90. The van der Waals surface area contributed by atoms with Gasteiger partial charge in [0, 0.05) is 25.3 Å². The number of halogens is 1. The van der Waals surface area contributed by atoms with Gasteiger partial charge in [0.1, 0.15) is 5.75 Å². The first-order chi connectivity index (χ1) is 10.6. The zero-order chi connectivity index (χ0) is 15.9. The molecule has 0 radical (unpaired) electrons. The number of nitrogens with zero attached hydrogens (tertiary/aromatic N) is 1. The van der Waals surface area contributed by atoms with Crippen molar-refractivity contribution in [2.45, 2.75) is 32.6 Å². The lowest BCUT2D eigenvalue weighted by atomic mass is 10.0. The SMILES string of the molecule is CC(=O)OCN1C(=O)CCc2ccc(OCCCCCl)cc21. The normalized spacial score (nSPS) is 13.7. The van der Waals surface area contributed by atoms with Crippen LogP contribution in [0.1, 0.15) is 31.7 Å². The third kappa shape index (κ3) is 4.37. The Morgan fingerprint density at radius 3 is 2.86 bits per heavy atom. The lowest BCUT2D eigenvalue weighted by molar-refractivity contribution is -0.141. The van der Waals surface area contributed by atoms with Crippen LogP contribution in [0.4, 0.5) is 5.69 Å². The Morgan fingerprint density at radius 2 is 2.14 bits per heavy atom. The van der Waals surface area contributed by atoms with Gasteiger partial charge in [-0.15, -0.1) is 11.6 Å². The van der Waals surface area contributed by atoms with Crippen LogP contribution in [0, 0.1) is 0 Å². The van der Waals surface area contributed by atoms with E-state index in [1.54, 1.807) is 0 Å². The van der Waals surface area contributed by atoms with Gasteiger partial charge in [0.15, 0.2) is 6.73 Å². The van der Waals surface area contributed by atoms with Crippen LogP contribution in [0.25, 0.3) is 0 Å². The minimum absolute atomic E-state index is 0.0481. The molecule has 0 fully saturated rings. The zero-order valence-corrected chi connectivity index (χ0v) is 13.4. The second kappa shape index (κ2) is 8.03. The third-order valence-electron chi connectivity index (χ3n) is 3.45. The van der Waals surface area contributed by atoms with Crippen LogP contribution in [-0.4, -0.2) is 31.1 Å². The van der Waals surface area contributed by atoms with E-state index >= 15 is 0 Å². The van der Waals surface area contributed by atoms with E-state index in [0.717, 1.165) is 24.1 Å². The van der Waals surface area contributed by atoms with Gasteiger partial charge in [-0.2, -0.15) is 0 Å². The Bertz CT molecular complexity index is 547. The van der Waals surface area contributed by atoms with Gasteiger partial charge in [-0.1, -0.05) is 6.07 Å². The van der Waals surface area contributed by atoms with Crippen molar-refractivity contribution in [3.63, 3.8) is 0 Å². The van der Waals surface area contributed by atoms with Crippen molar-refractivity contribution in [3.8, 4) is 5.75 Å². The smallest absolute Gasteiger partial charge is 0.304 e. The van der Waals surface area contributed by atoms with Crippen LogP contribution in [0.5, 0.6) is 5.75 Å². The number of hydrogen-bond donors (Lipinski definition) is 0. The predicted octanol–water partition coefficient (Wildman–Crippen LogP) is 2.88. The van der Waals surface area contributed by atoms with Gasteiger partial charge in [0.25, 0.3) is 0 Å². The zero-order valence-electron chi connectivity index (χ0n) is 12.6. The molecule has 1 aliphatic rings. The molecule has 1 aliphatic heterocycles. The van der Waals surface area contributed by atoms with Crippen LogP contribution in [0.3, 0.4) is 0 Å². The Kier molecular flexibility index (Phi) is 6.07. The average molecular weight is 326 g/mol. The number of fused-ring (bicyclic) bond motifs is 1. The van der Waals surface area contributed by atoms with Gasteiger partial charge >= 0.3 is 5.97 Å². The van der Waals surface area contributed by atoms with Gasteiger partial charge in [-0.25, -0.2) is 0 Å². The fraction of sp³-hybridized carbons (Fsp3) is 0.500. The van der Waals surface area contributed by atoms with Crippen LogP contribution in [0.2, 0.25) is 0 Å². The Morgan fingerprint density at radius 1 is 1.32 bits per heavy atom. The number of carbonyl (C=O) groups is 2. The van der Waals surface area contributed by atoms with E-state index in [2.05, 4.69) is 0 Å². The summed E-state index contributed by atoms with van der Waals surface area (Å²) in [7, 11) is 0. The van der Waals surface area contributed by atoms with Crippen molar-refractivity contribution in [3.05, 3.63) is 23.8 Å². The highest BCUT2D eigenvalue weighted by Crippen LogP contribution is 2.31. The molecule has 0 aromatic heterocycles. The van der Waals surface area contributed by atoms with Crippen LogP contribution in [0.15, 0.2) is 18.2 Å². The second-order valence-electron chi connectivity index (χ2n) is 5.12. The summed E-state index contributed by atoms with van der Waals surface area (Å²) in [5, 5.41) is 0. The largest absolute Gasteiger partial charge is 0.494 e. The van der Waals surface area contributed by atoms with Crippen LogP contribution < -0.4 is 9.64 Å². The molecule has 5 nitrogen and oxygen atoms in total. The number of anilines is 1. The van der Waals surface area contributed by atoms with Crippen LogP contribution >= 0.6 is 11.6 Å². The van der Waals surface area contributed by atoms with Crippen molar-refractivity contribution >= 4 is 29.2 Å². The molecule has 1 aromatic rings. The Labute approximate surface area is 135 Å². The number of aryl methyl sites for hydroxylation is 1. The summed E-state index contributed by atoms with van der Waals surface area (Å²) in [6, 6.07) is 5.69. The summed E-state index contributed by atoms with van der Waals surface area (Å²) < 4.78 is 10.7. The quantitative estimate of drug-likeness (QED) is 0.439. The number of alkyl halides is 1. The molecule has 1 amide bonds. The molecule has 0 saturated heterocycles. The molecule has 120 valence electrons. The van der Waals surface area contributed by atoms with Crippen molar-refractivity contribution in [1.29, 1.82) is 0 Å². The molecule has 6 heteroatoms. The van der Waals surface area contributed by atoms with Gasteiger partial charge in [-0.05, 0) is 30.9 Å². The highest BCUT2D eigenvalue weighted by atomic mass is 35.5. The molecule has 0 bridgehead atoms. The number of esters is 1. The third-order valence-corrected chi connectivity index (χ3v) is 3.72. The number of rotatable bonds is 7. The summed E-state index contributed by atoms with van der Waals surface area (Å²) in [5.74, 6) is 0.871. The minimum atomic E-state index is -0.409. The first-order valence-corrected chi connectivity index (χ1v) is 7.90. The number of benzene rings is 1. The lowest BCUT2D eigenvalue weighted by Crippen LogP contribution is -2.37. The average Bonchev–Trinajstić information content (AvgIpc) is 2.50. The van der Waals surface area contributed by atoms with E-state index in [0.29, 0.717) is 31.1 Å². The Hall–Kier alpha value is -1.75. The fourth-order valence-corrected chi connectivity index (χ4v) is 2.48. The van der Waals surface area contributed by atoms with E-state index in [4.69, 9.17) is 21.1 Å². The van der Waals surface area contributed by atoms with E-state index in [1.807, 2.05) is 18.2 Å². The molecule has 22 heavy (non-hydrogen) atoms. The van der Waals surface area contributed by atoms with E-state index < -0.39 is 5.97 Å². The highest BCUT2D eigenvalue weighted by molar-refractivity contribution is 6.17. The number of carbonyl (C=O) groups excluding carboxylic acids is 2. The number of ether oxygens (including phenoxy) is 2. The molecule has 0 spiro atoms.